The van der Waals surface area contributed by atoms with Crippen LogP contribution in [0.2, 0.25) is 5.02 Å². The number of nitrogens with two attached hydrogens (primary N) is 1. The normalized spacial score (nSPS) is 30.8. The van der Waals surface area contributed by atoms with Gasteiger partial charge in [0.25, 0.3) is 0 Å². The number of benzene rings is 1. The maximum absolute atomic E-state index is 14.3. The zero-order chi connectivity index (χ0) is 11.1. The van der Waals surface area contributed by atoms with Crippen molar-refractivity contribution in [2.24, 2.45) is 5.73 Å². The topological polar surface area (TPSA) is 26.0 Å². The van der Waals surface area contributed by atoms with Crippen LogP contribution >= 0.6 is 11.6 Å². The molecule has 0 heterocycles. The van der Waals surface area contributed by atoms with Crippen LogP contribution in [0.3, 0.4) is 0 Å². The molecule has 0 aromatic heterocycles. The fraction of sp³-hybridized carbons (Fsp3) is 0.455. The lowest BCUT2D eigenvalue weighted by molar-refractivity contribution is 0.166. The van der Waals surface area contributed by atoms with Crippen molar-refractivity contribution in [3.63, 3.8) is 0 Å². The lowest BCUT2D eigenvalue weighted by atomic mass is 9.93. The first-order valence-electron chi connectivity index (χ1n) is 4.91. The molecule has 0 radical (unpaired) electrons. The number of hydrogen-bond donors (Lipinski definition) is 1. The molecule has 2 rings (SSSR count). The van der Waals surface area contributed by atoms with E-state index in [2.05, 4.69) is 0 Å². The van der Waals surface area contributed by atoms with E-state index in [1.807, 2.05) is 0 Å². The zero-order valence-corrected chi connectivity index (χ0v) is 8.90. The molecular weight excluding hydrogens is 220 g/mol. The van der Waals surface area contributed by atoms with E-state index in [1.165, 1.54) is 12.1 Å². The molecule has 1 aromatic carbocycles. The Bertz CT molecular complexity index is 383. The fourth-order valence-electron chi connectivity index (χ4n) is 2.13. The van der Waals surface area contributed by atoms with Crippen LogP contribution in [0.4, 0.5) is 8.78 Å². The van der Waals surface area contributed by atoms with Crippen LogP contribution < -0.4 is 5.73 Å². The molecule has 2 N–H and O–H groups in total. The SMILES string of the molecule is NC1CCC(F)(c2ccc(Cl)cc2F)C1. The van der Waals surface area contributed by atoms with Crippen LogP contribution in [0, 0.1) is 5.82 Å². The van der Waals surface area contributed by atoms with Crippen molar-refractivity contribution in [1.82, 2.24) is 0 Å². The lowest BCUT2D eigenvalue weighted by Crippen LogP contribution is -2.22. The number of alkyl halides is 1. The van der Waals surface area contributed by atoms with Crippen LogP contribution in [-0.4, -0.2) is 6.04 Å². The Morgan fingerprint density at radius 2 is 2.20 bits per heavy atom. The zero-order valence-electron chi connectivity index (χ0n) is 8.14. The predicted octanol–water partition coefficient (Wildman–Crippen LogP) is 3.16. The molecule has 4 heteroatoms. The summed E-state index contributed by atoms with van der Waals surface area (Å²) in [5.41, 5.74) is 4.11. The van der Waals surface area contributed by atoms with Crippen molar-refractivity contribution in [3.8, 4) is 0 Å². The minimum absolute atomic E-state index is 0.0832. The molecule has 1 fully saturated rings. The van der Waals surface area contributed by atoms with Crippen LogP contribution in [0.15, 0.2) is 18.2 Å². The monoisotopic (exact) mass is 231 g/mol. The Kier molecular flexibility index (Phi) is 2.69. The summed E-state index contributed by atoms with van der Waals surface area (Å²) in [4.78, 5) is 0. The van der Waals surface area contributed by atoms with E-state index < -0.39 is 11.5 Å². The molecule has 0 saturated heterocycles. The molecule has 1 aromatic rings. The molecule has 1 aliphatic rings. The molecule has 0 bridgehead atoms. The van der Waals surface area contributed by atoms with Crippen molar-refractivity contribution < 1.29 is 8.78 Å². The first kappa shape index (κ1) is 10.8. The fourth-order valence-corrected chi connectivity index (χ4v) is 2.29. The smallest absolute Gasteiger partial charge is 0.140 e. The Morgan fingerprint density at radius 1 is 1.47 bits per heavy atom. The molecule has 15 heavy (non-hydrogen) atoms. The summed E-state index contributed by atoms with van der Waals surface area (Å²) >= 11 is 5.61. The van der Waals surface area contributed by atoms with Crippen LogP contribution in [-0.2, 0) is 5.67 Å². The van der Waals surface area contributed by atoms with Gasteiger partial charge in [0.2, 0.25) is 0 Å². The number of rotatable bonds is 1. The van der Waals surface area contributed by atoms with Crippen LogP contribution in [0.5, 0.6) is 0 Å². The van der Waals surface area contributed by atoms with Gasteiger partial charge in [-0.25, -0.2) is 8.78 Å². The lowest BCUT2D eigenvalue weighted by Gasteiger charge is -2.20. The quantitative estimate of drug-likeness (QED) is 0.790. The third-order valence-corrected chi connectivity index (χ3v) is 3.15. The summed E-state index contributed by atoms with van der Waals surface area (Å²) in [6, 6.07) is 3.88. The third-order valence-electron chi connectivity index (χ3n) is 2.91. The van der Waals surface area contributed by atoms with E-state index in [4.69, 9.17) is 17.3 Å². The van der Waals surface area contributed by atoms with Gasteiger partial charge in [-0.1, -0.05) is 17.7 Å². The summed E-state index contributed by atoms with van der Waals surface area (Å²) in [6.45, 7) is 0. The highest BCUT2D eigenvalue weighted by molar-refractivity contribution is 6.30. The van der Waals surface area contributed by atoms with Crippen molar-refractivity contribution in [3.05, 3.63) is 34.6 Å². The van der Waals surface area contributed by atoms with Crippen molar-refractivity contribution in [1.29, 1.82) is 0 Å². The highest BCUT2D eigenvalue weighted by atomic mass is 35.5. The maximum atomic E-state index is 14.3. The third kappa shape index (κ3) is 1.99. The summed E-state index contributed by atoms with van der Waals surface area (Å²) in [6.07, 6.45) is 1.07. The van der Waals surface area contributed by atoms with Gasteiger partial charge >= 0.3 is 0 Å². The summed E-state index contributed by atoms with van der Waals surface area (Å²) in [5.74, 6) is -0.584. The summed E-state index contributed by atoms with van der Waals surface area (Å²) in [5, 5.41) is 0.280. The largest absolute Gasteiger partial charge is 0.328 e. The first-order chi connectivity index (χ1) is 7.01. The van der Waals surface area contributed by atoms with E-state index in [0.717, 1.165) is 6.07 Å². The number of hydrogen-bond acceptors (Lipinski definition) is 1. The maximum Gasteiger partial charge on any atom is 0.140 e. The molecule has 82 valence electrons. The summed E-state index contributed by atoms with van der Waals surface area (Å²) in [7, 11) is 0. The standard InChI is InChI=1S/C11H12ClF2N/c12-7-1-2-9(10(13)5-7)11(14)4-3-8(15)6-11/h1-2,5,8H,3-4,6,15H2. The molecule has 1 nitrogen and oxygen atoms in total. The van der Waals surface area contributed by atoms with Gasteiger partial charge in [-0.3, -0.25) is 0 Å². The first-order valence-corrected chi connectivity index (χ1v) is 5.29. The highest BCUT2D eigenvalue weighted by Crippen LogP contribution is 2.43. The van der Waals surface area contributed by atoms with Gasteiger partial charge in [0.15, 0.2) is 0 Å². The van der Waals surface area contributed by atoms with Crippen LogP contribution in [0.25, 0.3) is 0 Å². The molecule has 2 atom stereocenters. The van der Waals surface area contributed by atoms with Gasteiger partial charge in [0, 0.05) is 23.0 Å². The Hall–Kier alpha value is -0.670. The second-order valence-electron chi connectivity index (χ2n) is 4.09. The van der Waals surface area contributed by atoms with Crippen molar-refractivity contribution in [2.75, 3.05) is 0 Å². The van der Waals surface area contributed by atoms with E-state index in [0.29, 0.717) is 6.42 Å². The second-order valence-corrected chi connectivity index (χ2v) is 4.53. The Morgan fingerprint density at radius 3 is 2.73 bits per heavy atom. The van der Waals surface area contributed by atoms with Crippen molar-refractivity contribution in [2.45, 2.75) is 31.0 Å². The van der Waals surface area contributed by atoms with E-state index in [9.17, 15) is 8.78 Å². The van der Waals surface area contributed by atoms with E-state index in [-0.39, 0.29) is 29.5 Å². The van der Waals surface area contributed by atoms with Gasteiger partial charge in [-0.05, 0) is 25.0 Å². The second kappa shape index (κ2) is 3.72. The van der Waals surface area contributed by atoms with E-state index >= 15 is 0 Å². The average molecular weight is 232 g/mol. The molecule has 2 unspecified atom stereocenters. The molecule has 0 amide bonds. The van der Waals surface area contributed by atoms with Crippen LogP contribution in [0.1, 0.15) is 24.8 Å². The molecular formula is C11H12ClF2N. The average Bonchev–Trinajstić information content (AvgIpc) is 2.46. The van der Waals surface area contributed by atoms with Gasteiger partial charge in [-0.2, -0.15) is 0 Å². The molecule has 0 spiro atoms. The van der Waals surface area contributed by atoms with Gasteiger partial charge in [0.05, 0.1) is 0 Å². The molecule has 1 aliphatic carbocycles. The predicted molar refractivity (Wildman–Crippen MR) is 56.0 cm³/mol. The minimum atomic E-state index is -1.62. The summed E-state index contributed by atoms with van der Waals surface area (Å²) < 4.78 is 27.8. The van der Waals surface area contributed by atoms with Gasteiger partial charge in [-0.15, -0.1) is 0 Å². The molecule has 1 saturated carbocycles. The van der Waals surface area contributed by atoms with E-state index in [1.54, 1.807) is 0 Å². The number of halogens is 3. The van der Waals surface area contributed by atoms with Gasteiger partial charge in [0.1, 0.15) is 11.5 Å². The van der Waals surface area contributed by atoms with Crippen molar-refractivity contribution >= 4 is 11.6 Å². The van der Waals surface area contributed by atoms with Gasteiger partial charge < -0.3 is 5.73 Å². The minimum Gasteiger partial charge on any atom is -0.328 e. The Labute approximate surface area is 92.2 Å². The molecule has 0 aliphatic heterocycles. The Balaban J connectivity index is 2.37. The highest BCUT2D eigenvalue weighted by Gasteiger charge is 2.41.